The van der Waals surface area contributed by atoms with Crippen molar-refractivity contribution in [1.82, 2.24) is 34.6 Å². The number of anilines is 2. The Labute approximate surface area is 208 Å². The summed E-state index contributed by atoms with van der Waals surface area (Å²) in [7, 11) is 0. The summed E-state index contributed by atoms with van der Waals surface area (Å²) >= 11 is 12.1. The second-order valence-electron chi connectivity index (χ2n) is 7.69. The second-order valence-corrected chi connectivity index (χ2v) is 8.48. The van der Waals surface area contributed by atoms with Gasteiger partial charge in [-0.15, -0.1) is 9.90 Å². The highest BCUT2D eigenvalue weighted by Crippen LogP contribution is 2.45. The first kappa shape index (κ1) is 24.2. The summed E-state index contributed by atoms with van der Waals surface area (Å²) < 4.78 is 42.5. The molecular weight excluding hydrogens is 530 g/mol. The summed E-state index contributed by atoms with van der Waals surface area (Å²) in [5, 5.41) is 32.9. The van der Waals surface area contributed by atoms with E-state index >= 15 is 0 Å². The van der Waals surface area contributed by atoms with Gasteiger partial charge < -0.3 is 15.5 Å². The predicted octanol–water partition coefficient (Wildman–Crippen LogP) is 2.74. The minimum atomic E-state index is -4.66. The lowest BCUT2D eigenvalue weighted by molar-refractivity contribution is -0.147. The third-order valence-electron chi connectivity index (χ3n) is 5.38. The first-order valence-corrected chi connectivity index (χ1v) is 10.9. The number of urea groups is 1. The smallest absolute Gasteiger partial charge is 0.393 e. The zero-order chi connectivity index (χ0) is 25.8. The molecule has 0 aromatic carbocycles. The minimum absolute atomic E-state index is 0.00186. The van der Waals surface area contributed by atoms with Crippen LogP contribution in [0.5, 0.6) is 0 Å². The summed E-state index contributed by atoms with van der Waals surface area (Å²) in [6.07, 6.45) is -2.33. The van der Waals surface area contributed by atoms with Gasteiger partial charge in [-0.1, -0.05) is 23.2 Å². The molecule has 2 amide bonds. The molecule has 0 aliphatic carbocycles. The van der Waals surface area contributed by atoms with Crippen molar-refractivity contribution in [2.24, 2.45) is 0 Å². The number of hydrogen-bond acceptors (Lipinski definition) is 8. The first-order valence-electron chi connectivity index (χ1n) is 10.1. The third-order valence-corrected chi connectivity index (χ3v) is 5.85. The fourth-order valence-electron chi connectivity index (χ4n) is 3.73. The van der Waals surface area contributed by atoms with Gasteiger partial charge in [0.2, 0.25) is 0 Å². The molecule has 2 atom stereocenters. The van der Waals surface area contributed by atoms with Crippen molar-refractivity contribution >= 4 is 46.3 Å². The van der Waals surface area contributed by atoms with E-state index in [9.17, 15) is 23.1 Å². The van der Waals surface area contributed by atoms with Crippen LogP contribution in [-0.4, -0.2) is 70.1 Å². The third kappa shape index (κ3) is 4.19. The van der Waals surface area contributed by atoms with Crippen LogP contribution in [0, 0.1) is 0 Å². The van der Waals surface area contributed by atoms with Crippen LogP contribution in [0.3, 0.4) is 0 Å². The van der Waals surface area contributed by atoms with Gasteiger partial charge in [0.05, 0.1) is 47.3 Å². The van der Waals surface area contributed by atoms with Gasteiger partial charge in [0, 0.05) is 12.6 Å². The molecule has 0 fully saturated rings. The largest absolute Gasteiger partial charge is 0.399 e. The van der Waals surface area contributed by atoms with Crippen molar-refractivity contribution in [3.8, 4) is 5.82 Å². The number of aromatic nitrogens is 7. The van der Waals surface area contributed by atoms with Gasteiger partial charge in [-0.2, -0.15) is 23.4 Å². The number of nitrogens with one attached hydrogen (secondary N) is 1. The fourth-order valence-corrected chi connectivity index (χ4v) is 4.14. The van der Waals surface area contributed by atoms with Crippen molar-refractivity contribution in [2.75, 3.05) is 23.4 Å². The molecule has 1 aliphatic heterocycles. The highest BCUT2D eigenvalue weighted by atomic mass is 35.5. The Morgan fingerprint density at radius 2 is 1.97 bits per heavy atom. The molecule has 2 unspecified atom stereocenters. The van der Waals surface area contributed by atoms with E-state index in [-0.39, 0.29) is 44.4 Å². The average molecular weight is 544 g/mol. The van der Waals surface area contributed by atoms with E-state index in [1.807, 2.05) is 0 Å². The Morgan fingerprint density at radius 3 is 2.67 bits per heavy atom. The molecule has 17 heteroatoms. The van der Waals surface area contributed by atoms with Crippen LogP contribution in [-0.2, 0) is 0 Å². The fraction of sp³-hybridized carbons (Fsp3) is 0.263. The Bertz CT molecular complexity index is 1480. The van der Waals surface area contributed by atoms with Crippen LogP contribution in [0.15, 0.2) is 30.7 Å². The Balaban J connectivity index is 1.42. The SMILES string of the molecule is O=C(Nc1cnc(-n2ncc(C(O)CO)n2)c(Cl)c1)N1CC(C(F)(F)F)c2c1cnc1cc(Cl)nn21. The molecule has 188 valence electrons. The molecule has 0 saturated heterocycles. The summed E-state index contributed by atoms with van der Waals surface area (Å²) in [6.45, 7) is -1.26. The lowest BCUT2D eigenvalue weighted by atomic mass is 10.1. The molecule has 0 bridgehead atoms. The number of pyridine rings is 1. The molecular formula is C19H14Cl2F3N9O3. The van der Waals surface area contributed by atoms with E-state index < -0.39 is 37.4 Å². The van der Waals surface area contributed by atoms with Crippen LogP contribution >= 0.6 is 23.2 Å². The van der Waals surface area contributed by atoms with Gasteiger partial charge in [0.25, 0.3) is 0 Å². The number of carbonyl (C=O) groups excluding carboxylic acids is 1. The molecule has 5 rings (SSSR count). The van der Waals surface area contributed by atoms with Gasteiger partial charge in [-0.25, -0.2) is 19.3 Å². The maximum Gasteiger partial charge on any atom is 0.399 e. The molecule has 12 nitrogen and oxygen atoms in total. The normalized spacial score (nSPS) is 16.4. The van der Waals surface area contributed by atoms with E-state index in [4.69, 9.17) is 28.3 Å². The highest BCUT2D eigenvalue weighted by Gasteiger charge is 2.50. The van der Waals surface area contributed by atoms with Crippen LogP contribution in [0.2, 0.25) is 10.2 Å². The number of aliphatic hydroxyl groups is 2. The summed E-state index contributed by atoms with van der Waals surface area (Å²) in [6, 6.07) is 1.74. The number of halogens is 5. The number of hydrogen-bond donors (Lipinski definition) is 3. The highest BCUT2D eigenvalue weighted by molar-refractivity contribution is 6.32. The quantitative estimate of drug-likeness (QED) is 0.356. The molecule has 36 heavy (non-hydrogen) atoms. The maximum atomic E-state index is 13.8. The number of fused-ring (bicyclic) bond motifs is 3. The van der Waals surface area contributed by atoms with Crippen molar-refractivity contribution in [3.05, 3.63) is 52.3 Å². The lowest BCUT2D eigenvalue weighted by Crippen LogP contribution is -2.36. The van der Waals surface area contributed by atoms with Crippen LogP contribution in [0.1, 0.15) is 23.4 Å². The van der Waals surface area contributed by atoms with E-state index in [1.165, 1.54) is 24.5 Å². The molecule has 3 N–H and O–H groups in total. The van der Waals surface area contributed by atoms with Crippen molar-refractivity contribution in [1.29, 1.82) is 0 Å². The molecule has 1 aliphatic rings. The average Bonchev–Trinajstić information content (AvgIpc) is 3.53. The van der Waals surface area contributed by atoms with E-state index in [0.717, 1.165) is 20.4 Å². The Morgan fingerprint density at radius 1 is 1.19 bits per heavy atom. The number of carbonyl (C=O) groups is 1. The van der Waals surface area contributed by atoms with E-state index in [0.29, 0.717) is 0 Å². The Hall–Kier alpha value is -3.53. The van der Waals surface area contributed by atoms with Gasteiger partial charge in [-0.05, 0) is 6.07 Å². The number of rotatable bonds is 4. The molecule has 5 heterocycles. The maximum absolute atomic E-state index is 13.8. The summed E-state index contributed by atoms with van der Waals surface area (Å²) in [5.41, 5.74) is -0.0468. The molecule has 0 spiro atoms. The van der Waals surface area contributed by atoms with E-state index in [1.54, 1.807) is 0 Å². The monoisotopic (exact) mass is 543 g/mol. The standard InChI is InChI=1S/C19H14Cl2F3N9O3/c20-10-1-8(3-26-17(10)33-27-4-11(29-33)13(35)7-34)28-18(36)31-6-9(19(22,23)24)16-12(31)5-25-15-2-14(21)30-32(15)16/h1-5,9,13,34-35H,6-7H2,(H,28,36). The number of amides is 2. The van der Waals surface area contributed by atoms with Crippen molar-refractivity contribution in [2.45, 2.75) is 18.2 Å². The lowest BCUT2D eigenvalue weighted by Gasteiger charge is -2.19. The molecule has 4 aromatic rings. The van der Waals surface area contributed by atoms with Crippen LogP contribution in [0.4, 0.5) is 29.3 Å². The molecule has 0 radical (unpaired) electrons. The van der Waals surface area contributed by atoms with Crippen LogP contribution in [0.25, 0.3) is 11.5 Å². The van der Waals surface area contributed by atoms with E-state index in [2.05, 4.69) is 30.6 Å². The Kier molecular flexibility index (Phi) is 5.94. The first-order chi connectivity index (χ1) is 17.1. The van der Waals surface area contributed by atoms with Gasteiger partial charge in [-0.3, -0.25) is 4.90 Å². The van der Waals surface area contributed by atoms with Gasteiger partial charge >= 0.3 is 12.2 Å². The topological polar surface area (TPSA) is 147 Å². The zero-order valence-electron chi connectivity index (χ0n) is 17.7. The van der Waals surface area contributed by atoms with Crippen LogP contribution < -0.4 is 10.2 Å². The van der Waals surface area contributed by atoms with Crippen molar-refractivity contribution in [3.63, 3.8) is 0 Å². The number of nitrogens with zero attached hydrogens (tertiary/aromatic N) is 8. The zero-order valence-corrected chi connectivity index (χ0v) is 19.2. The molecule has 0 saturated carbocycles. The van der Waals surface area contributed by atoms with Gasteiger partial charge in [0.1, 0.15) is 17.7 Å². The second kappa shape index (κ2) is 8.85. The molecule has 4 aromatic heterocycles. The predicted molar refractivity (Wildman–Crippen MR) is 119 cm³/mol. The summed E-state index contributed by atoms with van der Waals surface area (Å²) in [5.74, 6) is -1.96. The number of alkyl halides is 3. The minimum Gasteiger partial charge on any atom is -0.393 e. The van der Waals surface area contributed by atoms with Crippen molar-refractivity contribution < 1.29 is 28.2 Å². The summed E-state index contributed by atoms with van der Waals surface area (Å²) in [4.78, 5) is 23.0. The number of aliphatic hydroxyl groups excluding tert-OH is 2. The van der Waals surface area contributed by atoms with Gasteiger partial charge in [0.15, 0.2) is 16.6 Å².